The second-order valence-electron chi connectivity index (χ2n) is 4.22. The first-order valence-corrected chi connectivity index (χ1v) is 7.54. The molecular weight excluding hydrogens is 368 g/mol. The summed E-state index contributed by atoms with van der Waals surface area (Å²) >= 11 is 21.5. The van der Waals surface area contributed by atoms with Crippen molar-refractivity contribution in [3.8, 4) is 0 Å². The van der Waals surface area contributed by atoms with Crippen molar-refractivity contribution in [1.82, 2.24) is 0 Å². The Labute approximate surface area is 135 Å². The highest BCUT2D eigenvalue weighted by atomic mass is 79.9. The molecule has 0 amide bonds. The van der Waals surface area contributed by atoms with E-state index in [1.54, 1.807) is 12.1 Å². The van der Waals surface area contributed by atoms with Crippen LogP contribution in [-0.2, 0) is 6.42 Å². The highest BCUT2D eigenvalue weighted by Gasteiger charge is 2.11. The van der Waals surface area contributed by atoms with Crippen LogP contribution in [0.25, 0.3) is 0 Å². The van der Waals surface area contributed by atoms with Crippen LogP contribution in [-0.4, -0.2) is 0 Å². The fourth-order valence-corrected chi connectivity index (χ4v) is 2.70. The van der Waals surface area contributed by atoms with Crippen molar-refractivity contribution in [3.05, 3.63) is 67.1 Å². The van der Waals surface area contributed by atoms with Crippen LogP contribution in [0.5, 0.6) is 0 Å². The zero-order valence-electron chi connectivity index (χ0n) is 9.84. The van der Waals surface area contributed by atoms with Gasteiger partial charge in [-0.1, -0.05) is 40.9 Å². The first-order chi connectivity index (χ1) is 8.97. The lowest BCUT2D eigenvalue weighted by atomic mass is 10.00. The molecule has 1 nitrogen and oxygen atoms in total. The van der Waals surface area contributed by atoms with Crippen molar-refractivity contribution in [2.75, 3.05) is 0 Å². The maximum absolute atomic E-state index is 6.20. The Morgan fingerprint density at radius 3 is 2.37 bits per heavy atom. The summed E-state index contributed by atoms with van der Waals surface area (Å²) in [5.74, 6) is 0. The molecule has 2 N–H and O–H groups in total. The predicted octanol–water partition coefficient (Wildman–Crippen LogP) is 5.65. The molecule has 0 bridgehead atoms. The molecule has 2 rings (SSSR count). The highest BCUT2D eigenvalue weighted by Crippen LogP contribution is 2.29. The van der Waals surface area contributed by atoms with E-state index >= 15 is 0 Å². The van der Waals surface area contributed by atoms with E-state index in [1.807, 2.05) is 24.3 Å². The van der Waals surface area contributed by atoms with Crippen molar-refractivity contribution in [2.45, 2.75) is 12.5 Å². The third-order valence-electron chi connectivity index (χ3n) is 2.82. The average Bonchev–Trinajstić information content (AvgIpc) is 2.37. The van der Waals surface area contributed by atoms with Crippen LogP contribution in [0.1, 0.15) is 17.2 Å². The van der Waals surface area contributed by atoms with Gasteiger partial charge in [-0.05, 0) is 63.8 Å². The maximum atomic E-state index is 6.20. The van der Waals surface area contributed by atoms with Gasteiger partial charge in [0.05, 0.1) is 5.02 Å². The molecule has 0 saturated heterocycles. The molecular formula is C14H11BrCl3N. The Bertz CT molecular complexity index is 601. The molecule has 0 radical (unpaired) electrons. The zero-order chi connectivity index (χ0) is 14.0. The van der Waals surface area contributed by atoms with E-state index in [0.717, 1.165) is 15.6 Å². The van der Waals surface area contributed by atoms with E-state index in [2.05, 4.69) is 15.9 Å². The molecule has 1 atom stereocenters. The summed E-state index contributed by atoms with van der Waals surface area (Å²) in [6.45, 7) is 0. The topological polar surface area (TPSA) is 26.0 Å². The SMILES string of the molecule is NC(Cc1cc(Cl)ccc1Cl)c1ccc(Cl)c(Br)c1. The summed E-state index contributed by atoms with van der Waals surface area (Å²) in [4.78, 5) is 0. The Kier molecular flexibility index (Phi) is 5.15. The third-order valence-corrected chi connectivity index (χ3v) is 4.64. The van der Waals surface area contributed by atoms with E-state index in [1.165, 1.54) is 0 Å². The maximum Gasteiger partial charge on any atom is 0.0548 e. The first kappa shape index (κ1) is 15.1. The van der Waals surface area contributed by atoms with Gasteiger partial charge in [0.15, 0.2) is 0 Å². The minimum absolute atomic E-state index is 0.162. The fourth-order valence-electron chi connectivity index (χ4n) is 1.80. The Hall–Kier alpha value is -0.250. The average molecular weight is 380 g/mol. The summed E-state index contributed by atoms with van der Waals surface area (Å²) in [6.07, 6.45) is 0.619. The minimum atomic E-state index is -0.162. The summed E-state index contributed by atoms with van der Waals surface area (Å²) in [5.41, 5.74) is 8.13. The van der Waals surface area contributed by atoms with E-state index in [4.69, 9.17) is 40.5 Å². The molecule has 0 aromatic heterocycles. The first-order valence-electron chi connectivity index (χ1n) is 5.62. The van der Waals surface area contributed by atoms with Gasteiger partial charge in [-0.25, -0.2) is 0 Å². The van der Waals surface area contributed by atoms with Gasteiger partial charge in [0, 0.05) is 20.6 Å². The van der Waals surface area contributed by atoms with Gasteiger partial charge in [0.25, 0.3) is 0 Å². The van der Waals surface area contributed by atoms with E-state index in [0.29, 0.717) is 21.5 Å². The second kappa shape index (κ2) is 6.47. The van der Waals surface area contributed by atoms with E-state index < -0.39 is 0 Å². The van der Waals surface area contributed by atoms with Crippen LogP contribution in [0.15, 0.2) is 40.9 Å². The zero-order valence-corrected chi connectivity index (χ0v) is 13.7. The van der Waals surface area contributed by atoms with Gasteiger partial charge in [-0.15, -0.1) is 0 Å². The molecule has 0 aliphatic carbocycles. The molecule has 1 unspecified atom stereocenters. The minimum Gasteiger partial charge on any atom is -0.324 e. The molecule has 100 valence electrons. The van der Waals surface area contributed by atoms with Crippen molar-refractivity contribution in [1.29, 1.82) is 0 Å². The lowest BCUT2D eigenvalue weighted by Crippen LogP contribution is -2.13. The quantitative estimate of drug-likeness (QED) is 0.732. The summed E-state index contributed by atoms with van der Waals surface area (Å²) in [6, 6.07) is 10.9. The molecule has 0 heterocycles. The lowest BCUT2D eigenvalue weighted by molar-refractivity contribution is 0.721. The predicted molar refractivity (Wildman–Crippen MR) is 86.2 cm³/mol. The van der Waals surface area contributed by atoms with E-state index in [-0.39, 0.29) is 6.04 Å². The largest absolute Gasteiger partial charge is 0.324 e. The monoisotopic (exact) mass is 377 g/mol. The Morgan fingerprint density at radius 1 is 1.00 bits per heavy atom. The summed E-state index contributed by atoms with van der Waals surface area (Å²) < 4.78 is 0.833. The van der Waals surface area contributed by atoms with Gasteiger partial charge in [0.1, 0.15) is 0 Å². The number of hydrogen-bond acceptors (Lipinski definition) is 1. The van der Waals surface area contributed by atoms with Gasteiger partial charge in [0.2, 0.25) is 0 Å². The van der Waals surface area contributed by atoms with Crippen LogP contribution in [0.4, 0.5) is 0 Å². The molecule has 5 heteroatoms. The van der Waals surface area contributed by atoms with Gasteiger partial charge in [-0.3, -0.25) is 0 Å². The number of rotatable bonds is 3. The number of benzene rings is 2. The smallest absolute Gasteiger partial charge is 0.0548 e. The molecule has 19 heavy (non-hydrogen) atoms. The molecule has 0 fully saturated rings. The van der Waals surface area contributed by atoms with E-state index in [9.17, 15) is 0 Å². The van der Waals surface area contributed by atoms with Crippen LogP contribution in [0.2, 0.25) is 15.1 Å². The lowest BCUT2D eigenvalue weighted by Gasteiger charge is -2.14. The van der Waals surface area contributed by atoms with Crippen molar-refractivity contribution >= 4 is 50.7 Å². The molecule has 0 saturated carbocycles. The summed E-state index contributed by atoms with van der Waals surface area (Å²) in [5, 5.41) is 1.99. The van der Waals surface area contributed by atoms with Crippen molar-refractivity contribution < 1.29 is 0 Å². The molecule has 0 aliphatic rings. The molecule has 0 spiro atoms. The summed E-state index contributed by atoms with van der Waals surface area (Å²) in [7, 11) is 0. The van der Waals surface area contributed by atoms with Crippen LogP contribution in [0, 0.1) is 0 Å². The van der Waals surface area contributed by atoms with Crippen molar-refractivity contribution in [2.24, 2.45) is 5.73 Å². The van der Waals surface area contributed by atoms with Gasteiger partial charge in [-0.2, -0.15) is 0 Å². The van der Waals surface area contributed by atoms with Crippen LogP contribution >= 0.6 is 50.7 Å². The normalized spacial score (nSPS) is 12.5. The number of nitrogens with two attached hydrogens (primary N) is 1. The molecule has 2 aromatic carbocycles. The third kappa shape index (κ3) is 3.87. The number of hydrogen-bond donors (Lipinski definition) is 1. The Balaban J connectivity index is 2.22. The Morgan fingerprint density at radius 2 is 1.68 bits per heavy atom. The van der Waals surface area contributed by atoms with Crippen molar-refractivity contribution in [3.63, 3.8) is 0 Å². The van der Waals surface area contributed by atoms with Crippen LogP contribution < -0.4 is 5.73 Å². The number of halogens is 4. The standard InChI is InChI=1S/C14H11BrCl3N/c15-11-6-8(1-3-13(11)18)14(19)7-9-5-10(16)2-4-12(9)17/h1-6,14H,7,19H2. The van der Waals surface area contributed by atoms with Gasteiger partial charge < -0.3 is 5.73 Å². The molecule has 0 aliphatic heterocycles. The molecule has 2 aromatic rings. The van der Waals surface area contributed by atoms with Crippen LogP contribution in [0.3, 0.4) is 0 Å². The second-order valence-corrected chi connectivity index (χ2v) is 6.33. The fraction of sp³-hybridized carbons (Fsp3) is 0.143. The van der Waals surface area contributed by atoms with Gasteiger partial charge >= 0.3 is 0 Å². The highest BCUT2D eigenvalue weighted by molar-refractivity contribution is 9.10.